The van der Waals surface area contributed by atoms with Gasteiger partial charge in [0.1, 0.15) is 5.82 Å². The topological polar surface area (TPSA) is 26.0 Å². The van der Waals surface area contributed by atoms with Gasteiger partial charge in [-0.2, -0.15) is 0 Å². The molecular weight excluding hydrogens is 313 g/mol. The molecule has 1 heterocycles. The van der Waals surface area contributed by atoms with Gasteiger partial charge < -0.3 is 5.73 Å². The highest BCUT2D eigenvalue weighted by molar-refractivity contribution is 9.11. The van der Waals surface area contributed by atoms with Crippen molar-refractivity contribution in [1.82, 2.24) is 0 Å². The van der Waals surface area contributed by atoms with Crippen molar-refractivity contribution >= 4 is 27.3 Å². The predicted octanol–water partition coefficient (Wildman–Crippen LogP) is 4.15. The molecule has 2 rings (SSSR count). The van der Waals surface area contributed by atoms with E-state index in [0.717, 1.165) is 10.2 Å². The van der Waals surface area contributed by atoms with Crippen LogP contribution >= 0.6 is 27.3 Å². The van der Waals surface area contributed by atoms with Crippen molar-refractivity contribution in [3.05, 3.63) is 56.4 Å². The Hall–Kier alpha value is -0.710. The molecule has 18 heavy (non-hydrogen) atoms. The number of rotatable bonds is 4. The zero-order valence-corrected chi connectivity index (χ0v) is 12.5. The second kappa shape index (κ2) is 5.51. The molecule has 96 valence electrons. The van der Waals surface area contributed by atoms with Crippen LogP contribution in [0.25, 0.3) is 0 Å². The summed E-state index contributed by atoms with van der Waals surface area (Å²) in [5.74, 6) is -0.179. The van der Waals surface area contributed by atoms with E-state index in [-0.39, 0.29) is 5.82 Å². The molecule has 1 atom stereocenters. The van der Waals surface area contributed by atoms with E-state index in [2.05, 4.69) is 22.0 Å². The minimum absolute atomic E-state index is 0.179. The molecule has 4 heteroatoms. The molecule has 0 spiro atoms. The summed E-state index contributed by atoms with van der Waals surface area (Å²) in [6, 6.07) is 10.9. The maximum absolute atomic E-state index is 13.6. The Morgan fingerprint density at radius 3 is 2.56 bits per heavy atom. The van der Waals surface area contributed by atoms with Crippen LogP contribution in [0.2, 0.25) is 0 Å². The first-order valence-electron chi connectivity index (χ1n) is 5.73. The molecule has 0 saturated heterocycles. The largest absolute Gasteiger partial charge is 0.325 e. The molecular formula is C14H15BrFNS. The normalized spacial score (nSPS) is 14.4. The number of hydrogen-bond donors (Lipinski definition) is 1. The third-order valence-corrected chi connectivity index (χ3v) is 4.38. The van der Waals surface area contributed by atoms with Crippen LogP contribution in [-0.4, -0.2) is 5.54 Å². The fourth-order valence-electron chi connectivity index (χ4n) is 1.98. The zero-order valence-electron chi connectivity index (χ0n) is 10.1. The molecule has 1 unspecified atom stereocenters. The first-order valence-corrected chi connectivity index (χ1v) is 7.34. The van der Waals surface area contributed by atoms with Gasteiger partial charge in [0.15, 0.2) is 0 Å². The molecule has 2 aromatic rings. The predicted molar refractivity (Wildman–Crippen MR) is 78.4 cm³/mol. The monoisotopic (exact) mass is 327 g/mol. The molecule has 0 aliphatic heterocycles. The number of benzene rings is 1. The smallest absolute Gasteiger partial charge is 0.126 e. The van der Waals surface area contributed by atoms with Crippen molar-refractivity contribution < 1.29 is 4.39 Å². The molecule has 0 radical (unpaired) electrons. The van der Waals surface area contributed by atoms with Crippen molar-refractivity contribution in [2.75, 3.05) is 0 Å². The fraction of sp³-hybridized carbons (Fsp3) is 0.286. The summed E-state index contributed by atoms with van der Waals surface area (Å²) in [5.41, 5.74) is 6.52. The third kappa shape index (κ3) is 3.64. The first-order chi connectivity index (χ1) is 8.46. The average molecular weight is 328 g/mol. The number of thiophene rings is 1. The zero-order chi connectivity index (χ0) is 13.2. The minimum atomic E-state index is -0.438. The second-order valence-corrected chi connectivity index (χ2v) is 7.35. The number of nitrogens with two attached hydrogens (primary N) is 1. The molecule has 1 aromatic heterocycles. The van der Waals surface area contributed by atoms with Crippen molar-refractivity contribution in [1.29, 1.82) is 0 Å². The van der Waals surface area contributed by atoms with Crippen LogP contribution in [0, 0.1) is 5.82 Å². The average Bonchev–Trinajstić information content (AvgIpc) is 2.66. The Balaban J connectivity index is 2.10. The van der Waals surface area contributed by atoms with E-state index >= 15 is 0 Å². The van der Waals surface area contributed by atoms with Crippen molar-refractivity contribution in [3.8, 4) is 0 Å². The van der Waals surface area contributed by atoms with Gasteiger partial charge >= 0.3 is 0 Å². The molecule has 0 aliphatic carbocycles. The molecule has 0 bridgehead atoms. The lowest BCUT2D eigenvalue weighted by atomic mass is 9.90. The summed E-state index contributed by atoms with van der Waals surface area (Å²) in [5, 5.41) is 0. The van der Waals surface area contributed by atoms with Crippen LogP contribution in [0.15, 0.2) is 40.2 Å². The van der Waals surface area contributed by atoms with Crippen molar-refractivity contribution in [2.45, 2.75) is 25.3 Å². The maximum atomic E-state index is 13.6. The van der Waals surface area contributed by atoms with Crippen LogP contribution in [0.3, 0.4) is 0 Å². The molecule has 0 amide bonds. The summed E-state index contributed by atoms with van der Waals surface area (Å²) in [6.07, 6.45) is 1.28. The summed E-state index contributed by atoms with van der Waals surface area (Å²) >= 11 is 5.11. The molecule has 1 nitrogen and oxygen atoms in total. The van der Waals surface area contributed by atoms with E-state index in [9.17, 15) is 4.39 Å². The van der Waals surface area contributed by atoms with Gasteiger partial charge in [-0.1, -0.05) is 18.2 Å². The van der Waals surface area contributed by atoms with Gasteiger partial charge in [-0.3, -0.25) is 0 Å². The Kier molecular flexibility index (Phi) is 4.20. The highest BCUT2D eigenvalue weighted by Gasteiger charge is 2.22. The van der Waals surface area contributed by atoms with E-state index in [1.54, 1.807) is 23.5 Å². The van der Waals surface area contributed by atoms with E-state index in [1.165, 1.54) is 10.9 Å². The van der Waals surface area contributed by atoms with Gasteiger partial charge in [0.05, 0.1) is 3.79 Å². The Morgan fingerprint density at radius 1 is 1.22 bits per heavy atom. The fourth-order valence-corrected chi connectivity index (χ4v) is 3.66. The molecule has 0 saturated carbocycles. The van der Waals surface area contributed by atoms with Gasteiger partial charge in [0, 0.05) is 10.4 Å². The first kappa shape index (κ1) is 13.7. The lowest BCUT2D eigenvalue weighted by Crippen LogP contribution is -2.40. The standard InChI is InChI=1S/C14H15BrFNS/c1-14(17,9-11-6-7-13(15)18-11)8-10-4-2-3-5-12(10)16/h2-7H,8-9,17H2,1H3. The summed E-state index contributed by atoms with van der Waals surface area (Å²) in [4.78, 5) is 1.21. The highest BCUT2D eigenvalue weighted by atomic mass is 79.9. The van der Waals surface area contributed by atoms with E-state index in [4.69, 9.17) is 5.73 Å². The van der Waals surface area contributed by atoms with Gasteiger partial charge in [-0.15, -0.1) is 11.3 Å². The summed E-state index contributed by atoms with van der Waals surface area (Å²) < 4.78 is 14.7. The van der Waals surface area contributed by atoms with Gasteiger partial charge in [0.25, 0.3) is 0 Å². The maximum Gasteiger partial charge on any atom is 0.126 e. The Morgan fingerprint density at radius 2 is 1.94 bits per heavy atom. The number of halogens is 2. The third-order valence-electron chi connectivity index (χ3n) is 2.76. The van der Waals surface area contributed by atoms with Crippen LogP contribution in [0.5, 0.6) is 0 Å². The molecule has 0 aliphatic rings. The quantitative estimate of drug-likeness (QED) is 0.896. The van der Waals surface area contributed by atoms with Gasteiger partial charge in [-0.05, 0) is 59.5 Å². The minimum Gasteiger partial charge on any atom is -0.325 e. The molecule has 2 N–H and O–H groups in total. The Labute approximate surface area is 119 Å². The second-order valence-electron chi connectivity index (χ2n) is 4.80. The SMILES string of the molecule is CC(N)(Cc1ccc(Br)s1)Cc1ccccc1F. The Bertz CT molecular complexity index is 536. The van der Waals surface area contributed by atoms with Crippen molar-refractivity contribution in [3.63, 3.8) is 0 Å². The van der Waals surface area contributed by atoms with Crippen LogP contribution in [0.4, 0.5) is 4.39 Å². The summed E-state index contributed by atoms with van der Waals surface area (Å²) in [6.45, 7) is 1.97. The lowest BCUT2D eigenvalue weighted by Gasteiger charge is -2.24. The van der Waals surface area contributed by atoms with Crippen LogP contribution in [0.1, 0.15) is 17.4 Å². The summed E-state index contributed by atoms with van der Waals surface area (Å²) in [7, 11) is 0. The lowest BCUT2D eigenvalue weighted by molar-refractivity contribution is 0.454. The number of hydrogen-bond acceptors (Lipinski definition) is 2. The highest BCUT2D eigenvalue weighted by Crippen LogP contribution is 2.26. The van der Waals surface area contributed by atoms with Crippen LogP contribution < -0.4 is 5.73 Å². The van der Waals surface area contributed by atoms with Gasteiger partial charge in [0.2, 0.25) is 0 Å². The van der Waals surface area contributed by atoms with E-state index in [1.807, 2.05) is 19.1 Å². The molecule has 1 aromatic carbocycles. The van der Waals surface area contributed by atoms with E-state index in [0.29, 0.717) is 12.0 Å². The van der Waals surface area contributed by atoms with Crippen LogP contribution in [-0.2, 0) is 12.8 Å². The van der Waals surface area contributed by atoms with E-state index < -0.39 is 5.54 Å². The van der Waals surface area contributed by atoms with Crippen molar-refractivity contribution in [2.24, 2.45) is 5.73 Å². The molecule has 0 fully saturated rings. The van der Waals surface area contributed by atoms with Gasteiger partial charge in [-0.25, -0.2) is 4.39 Å².